The number of likely N-dealkylation sites (tertiary alicyclic amines) is 1. The van der Waals surface area contributed by atoms with Crippen molar-refractivity contribution in [2.75, 3.05) is 19.6 Å². The van der Waals surface area contributed by atoms with Crippen LogP contribution in [0.2, 0.25) is 0 Å². The number of nitrogens with one attached hydrogen (secondary N) is 2. The van der Waals surface area contributed by atoms with Gasteiger partial charge in [0.15, 0.2) is 0 Å². The molecule has 2 N–H and O–H groups in total. The van der Waals surface area contributed by atoms with Crippen molar-refractivity contribution in [1.29, 1.82) is 0 Å². The van der Waals surface area contributed by atoms with Gasteiger partial charge in [-0.1, -0.05) is 12.1 Å². The smallest absolute Gasteiger partial charge is 0.229 e. The molecule has 0 aliphatic carbocycles. The van der Waals surface area contributed by atoms with E-state index in [9.17, 15) is 9.18 Å². The van der Waals surface area contributed by atoms with E-state index in [1.165, 1.54) is 12.1 Å². The normalized spacial score (nSPS) is 26.8. The van der Waals surface area contributed by atoms with Crippen molar-refractivity contribution in [2.24, 2.45) is 5.92 Å². The molecule has 0 bridgehead atoms. The molecule has 0 saturated carbocycles. The maximum atomic E-state index is 13.2. The molecule has 2 aromatic rings. The van der Waals surface area contributed by atoms with Crippen LogP contribution < -0.4 is 10.9 Å². The molecule has 3 atom stereocenters. The van der Waals surface area contributed by atoms with E-state index in [0.29, 0.717) is 13.1 Å². The van der Waals surface area contributed by atoms with E-state index in [1.54, 1.807) is 18.3 Å². The largest absolute Gasteiger partial charge is 0.340 e. The first-order valence-corrected chi connectivity index (χ1v) is 8.72. The molecule has 1 aromatic heterocycles. The number of benzene rings is 1. The standard InChI is InChI=1S/C18H22FN5O/c19-14-5-3-13(4-6-14)17-16(10-21-22-17)18(25)23-8-1-2-15(11-23)24-9-7-20-12-24/h3-7,9,12,15-17,21-22H,1-2,8,10-11H2. The molecule has 2 aliphatic heterocycles. The summed E-state index contributed by atoms with van der Waals surface area (Å²) in [6.45, 7) is 2.08. The minimum atomic E-state index is -0.267. The molecule has 6 nitrogen and oxygen atoms in total. The molecule has 2 saturated heterocycles. The summed E-state index contributed by atoms with van der Waals surface area (Å²) in [5, 5.41) is 0. The van der Waals surface area contributed by atoms with Crippen molar-refractivity contribution >= 4 is 5.91 Å². The zero-order valence-corrected chi connectivity index (χ0v) is 13.9. The number of piperidine rings is 1. The van der Waals surface area contributed by atoms with Gasteiger partial charge in [-0.25, -0.2) is 14.8 Å². The summed E-state index contributed by atoms with van der Waals surface area (Å²) in [7, 11) is 0. The lowest BCUT2D eigenvalue weighted by Gasteiger charge is -2.35. The summed E-state index contributed by atoms with van der Waals surface area (Å²) in [5.74, 6) is -0.305. The number of carbonyl (C=O) groups is 1. The van der Waals surface area contributed by atoms with Gasteiger partial charge in [0.1, 0.15) is 5.82 Å². The minimum Gasteiger partial charge on any atom is -0.340 e. The van der Waals surface area contributed by atoms with Crippen LogP contribution >= 0.6 is 0 Å². The van der Waals surface area contributed by atoms with Gasteiger partial charge in [-0.2, -0.15) is 0 Å². The number of carbonyl (C=O) groups excluding carboxylic acids is 1. The molecular formula is C18H22FN5O. The number of halogens is 1. The average Bonchev–Trinajstić information content (AvgIpc) is 3.34. The minimum absolute atomic E-state index is 0.137. The van der Waals surface area contributed by atoms with E-state index in [0.717, 1.165) is 24.9 Å². The van der Waals surface area contributed by atoms with Crippen LogP contribution in [0.4, 0.5) is 4.39 Å². The molecule has 2 aliphatic rings. The van der Waals surface area contributed by atoms with Crippen molar-refractivity contribution in [2.45, 2.75) is 24.9 Å². The molecule has 0 spiro atoms. The van der Waals surface area contributed by atoms with Crippen LogP contribution in [0.25, 0.3) is 0 Å². The molecule has 3 unspecified atom stereocenters. The van der Waals surface area contributed by atoms with Crippen LogP contribution in [0.5, 0.6) is 0 Å². The number of nitrogens with zero attached hydrogens (tertiary/aromatic N) is 3. The molecular weight excluding hydrogens is 321 g/mol. The van der Waals surface area contributed by atoms with Gasteiger partial charge in [-0.3, -0.25) is 10.2 Å². The molecule has 1 aromatic carbocycles. The summed E-state index contributed by atoms with van der Waals surface area (Å²) >= 11 is 0. The van der Waals surface area contributed by atoms with Crippen LogP contribution in [0.15, 0.2) is 43.0 Å². The number of aromatic nitrogens is 2. The first kappa shape index (κ1) is 16.2. The van der Waals surface area contributed by atoms with E-state index < -0.39 is 0 Å². The molecule has 1 amide bonds. The maximum absolute atomic E-state index is 13.2. The number of hydrogen-bond acceptors (Lipinski definition) is 4. The Morgan fingerprint density at radius 2 is 2.12 bits per heavy atom. The predicted octanol–water partition coefficient (Wildman–Crippen LogP) is 1.65. The highest BCUT2D eigenvalue weighted by Crippen LogP contribution is 2.29. The predicted molar refractivity (Wildman–Crippen MR) is 90.8 cm³/mol. The number of hydrazine groups is 1. The van der Waals surface area contributed by atoms with Crippen LogP contribution in [-0.2, 0) is 4.79 Å². The van der Waals surface area contributed by atoms with Crippen molar-refractivity contribution in [3.05, 3.63) is 54.4 Å². The molecule has 2 fully saturated rings. The Balaban J connectivity index is 1.48. The SMILES string of the molecule is O=C(C1CNNC1c1ccc(F)cc1)N1CCCC(n2ccnc2)C1. The van der Waals surface area contributed by atoms with Crippen molar-refractivity contribution in [3.63, 3.8) is 0 Å². The number of hydrogen-bond donors (Lipinski definition) is 2. The Morgan fingerprint density at radius 3 is 2.88 bits per heavy atom. The molecule has 4 rings (SSSR count). The lowest BCUT2D eigenvalue weighted by Crippen LogP contribution is -2.45. The lowest BCUT2D eigenvalue weighted by atomic mass is 9.92. The molecule has 0 radical (unpaired) electrons. The zero-order valence-electron chi connectivity index (χ0n) is 13.9. The third-order valence-electron chi connectivity index (χ3n) is 5.18. The first-order chi connectivity index (χ1) is 12.2. The zero-order chi connectivity index (χ0) is 17.2. The van der Waals surface area contributed by atoms with Crippen LogP contribution in [0.1, 0.15) is 30.5 Å². The fourth-order valence-electron chi connectivity index (χ4n) is 3.83. The first-order valence-electron chi connectivity index (χ1n) is 8.72. The van der Waals surface area contributed by atoms with Crippen molar-refractivity contribution in [1.82, 2.24) is 25.3 Å². The van der Waals surface area contributed by atoms with Gasteiger partial charge in [0.05, 0.1) is 24.3 Å². The maximum Gasteiger partial charge on any atom is 0.229 e. The van der Waals surface area contributed by atoms with Gasteiger partial charge in [0.2, 0.25) is 5.91 Å². The second-order valence-electron chi connectivity index (χ2n) is 6.75. The summed E-state index contributed by atoms with van der Waals surface area (Å²) in [4.78, 5) is 19.2. The van der Waals surface area contributed by atoms with Gasteiger partial charge in [-0.05, 0) is 30.5 Å². The Bertz CT molecular complexity index is 718. The number of imidazole rings is 1. The lowest BCUT2D eigenvalue weighted by molar-refractivity contribution is -0.137. The topological polar surface area (TPSA) is 62.2 Å². The molecule has 3 heterocycles. The summed E-state index contributed by atoms with van der Waals surface area (Å²) < 4.78 is 15.3. The summed E-state index contributed by atoms with van der Waals surface area (Å²) in [5.41, 5.74) is 7.18. The van der Waals surface area contributed by atoms with Gasteiger partial charge in [0.25, 0.3) is 0 Å². The van der Waals surface area contributed by atoms with Crippen LogP contribution in [-0.4, -0.2) is 40.0 Å². The second kappa shape index (κ2) is 6.93. The summed E-state index contributed by atoms with van der Waals surface area (Å²) in [6, 6.07) is 6.50. The van der Waals surface area contributed by atoms with Crippen molar-refractivity contribution in [3.8, 4) is 0 Å². The third kappa shape index (κ3) is 3.29. The quantitative estimate of drug-likeness (QED) is 0.890. The molecule has 25 heavy (non-hydrogen) atoms. The fraction of sp³-hybridized carbons (Fsp3) is 0.444. The fourth-order valence-corrected chi connectivity index (χ4v) is 3.83. The highest BCUT2D eigenvalue weighted by Gasteiger charge is 2.38. The van der Waals surface area contributed by atoms with E-state index in [2.05, 4.69) is 20.4 Å². The Kier molecular flexibility index (Phi) is 4.50. The van der Waals surface area contributed by atoms with Gasteiger partial charge < -0.3 is 9.47 Å². The van der Waals surface area contributed by atoms with E-state index in [-0.39, 0.29) is 29.7 Å². The Morgan fingerprint density at radius 1 is 1.28 bits per heavy atom. The second-order valence-corrected chi connectivity index (χ2v) is 6.75. The van der Waals surface area contributed by atoms with Gasteiger partial charge in [-0.15, -0.1) is 0 Å². The Hall–Kier alpha value is -2.25. The van der Waals surface area contributed by atoms with E-state index in [4.69, 9.17) is 0 Å². The molecule has 7 heteroatoms. The van der Waals surface area contributed by atoms with Gasteiger partial charge in [0, 0.05) is 32.0 Å². The summed E-state index contributed by atoms with van der Waals surface area (Å²) in [6.07, 6.45) is 7.60. The highest BCUT2D eigenvalue weighted by molar-refractivity contribution is 5.80. The van der Waals surface area contributed by atoms with Crippen molar-refractivity contribution < 1.29 is 9.18 Å². The molecule has 132 valence electrons. The number of amides is 1. The number of rotatable bonds is 3. The Labute approximate surface area is 146 Å². The van der Waals surface area contributed by atoms with E-state index >= 15 is 0 Å². The van der Waals surface area contributed by atoms with Gasteiger partial charge >= 0.3 is 0 Å². The van der Waals surface area contributed by atoms with E-state index in [1.807, 2.05) is 17.4 Å². The monoisotopic (exact) mass is 343 g/mol. The highest BCUT2D eigenvalue weighted by atomic mass is 19.1. The third-order valence-corrected chi connectivity index (χ3v) is 5.18. The average molecular weight is 343 g/mol. The van der Waals surface area contributed by atoms with Crippen LogP contribution in [0.3, 0.4) is 0 Å². The van der Waals surface area contributed by atoms with Crippen LogP contribution in [0, 0.1) is 11.7 Å².